The molecule has 8 heteroatoms. The van der Waals surface area contributed by atoms with Crippen molar-refractivity contribution in [2.24, 2.45) is 4.99 Å². The topological polar surface area (TPSA) is 73.6 Å². The number of nitrogens with one attached hydrogen (secondary N) is 1. The fourth-order valence-electron chi connectivity index (χ4n) is 2.99. The summed E-state index contributed by atoms with van der Waals surface area (Å²) in [6.07, 6.45) is 1.24. The van der Waals surface area contributed by atoms with Crippen LogP contribution in [0.1, 0.15) is 19.4 Å². The van der Waals surface area contributed by atoms with Crippen molar-refractivity contribution in [3.8, 4) is 11.6 Å². The Labute approximate surface area is 172 Å². The molecule has 2 aromatic carbocycles. The van der Waals surface area contributed by atoms with Gasteiger partial charge >= 0.3 is 0 Å². The lowest BCUT2D eigenvalue weighted by molar-refractivity contribution is 0.429. The fraction of sp³-hybridized carbons (Fsp3) is 0.190. The standard InChI is InChI=1S/C21H21FN4O2S/c1-3-25(4-2)15-11-9-14(10-12-15)23-13-16-19(27)24-21(29)26(20(16)28)18-8-6-5-7-17(18)22/h5-13,28H,3-4H2,1-2H3,(H,24,27,29). The van der Waals surface area contributed by atoms with Gasteiger partial charge in [0.05, 0.1) is 11.4 Å². The van der Waals surface area contributed by atoms with Gasteiger partial charge in [-0.3, -0.25) is 19.3 Å². The van der Waals surface area contributed by atoms with Gasteiger partial charge in [0.25, 0.3) is 5.56 Å². The molecule has 0 atom stereocenters. The van der Waals surface area contributed by atoms with Crippen LogP contribution in [0.25, 0.3) is 5.69 Å². The number of benzene rings is 2. The molecule has 0 aliphatic heterocycles. The second-order valence-corrected chi connectivity index (χ2v) is 6.62. The summed E-state index contributed by atoms with van der Waals surface area (Å²) in [5.74, 6) is -1.06. The van der Waals surface area contributed by atoms with Gasteiger partial charge in [-0.25, -0.2) is 4.39 Å². The second-order valence-electron chi connectivity index (χ2n) is 6.23. The molecule has 150 valence electrons. The van der Waals surface area contributed by atoms with Crippen LogP contribution in [0.3, 0.4) is 0 Å². The van der Waals surface area contributed by atoms with Crippen LogP contribution in [-0.4, -0.2) is 34.0 Å². The third kappa shape index (κ3) is 4.27. The largest absolute Gasteiger partial charge is 0.494 e. The Hall–Kier alpha value is -3.26. The predicted octanol–water partition coefficient (Wildman–Crippen LogP) is 4.34. The van der Waals surface area contributed by atoms with Crippen LogP contribution in [0, 0.1) is 10.6 Å². The molecular formula is C21H21FN4O2S. The SMILES string of the molecule is CCN(CC)c1ccc(N=Cc2c(O)n(-c3ccccc3F)c(=S)[nH]c2=O)cc1. The van der Waals surface area contributed by atoms with Gasteiger partial charge in [-0.1, -0.05) is 12.1 Å². The molecule has 0 unspecified atom stereocenters. The minimum atomic E-state index is -0.608. The van der Waals surface area contributed by atoms with Gasteiger partial charge in [-0.2, -0.15) is 0 Å². The highest BCUT2D eigenvalue weighted by Gasteiger charge is 2.15. The van der Waals surface area contributed by atoms with Crippen molar-refractivity contribution >= 4 is 29.8 Å². The minimum Gasteiger partial charge on any atom is -0.494 e. The molecule has 2 N–H and O–H groups in total. The molecule has 0 radical (unpaired) electrons. The first-order chi connectivity index (χ1) is 14.0. The molecule has 29 heavy (non-hydrogen) atoms. The van der Waals surface area contributed by atoms with E-state index in [1.54, 1.807) is 6.07 Å². The van der Waals surface area contributed by atoms with Gasteiger partial charge in [-0.05, 0) is 62.5 Å². The number of H-pyrrole nitrogens is 1. The number of para-hydroxylation sites is 1. The Morgan fingerprint density at radius 1 is 1.17 bits per heavy atom. The molecule has 6 nitrogen and oxygen atoms in total. The van der Waals surface area contributed by atoms with Crippen molar-refractivity contribution < 1.29 is 9.50 Å². The highest BCUT2D eigenvalue weighted by Crippen LogP contribution is 2.23. The maximum Gasteiger partial charge on any atom is 0.264 e. The summed E-state index contributed by atoms with van der Waals surface area (Å²) in [6.45, 7) is 5.95. The lowest BCUT2D eigenvalue weighted by atomic mass is 10.2. The molecule has 0 aliphatic rings. The number of aromatic nitrogens is 2. The van der Waals surface area contributed by atoms with Crippen LogP contribution in [-0.2, 0) is 0 Å². The van der Waals surface area contributed by atoms with Crippen LogP contribution >= 0.6 is 12.2 Å². The first-order valence-electron chi connectivity index (χ1n) is 9.18. The smallest absolute Gasteiger partial charge is 0.264 e. The molecule has 0 aliphatic carbocycles. The Kier molecular flexibility index (Phi) is 6.23. The molecule has 0 fully saturated rings. The number of halogens is 1. The van der Waals surface area contributed by atoms with Crippen molar-refractivity contribution in [1.29, 1.82) is 0 Å². The number of hydrogen-bond acceptors (Lipinski definition) is 5. The zero-order valence-electron chi connectivity index (χ0n) is 16.1. The Balaban J connectivity index is 2.00. The zero-order valence-corrected chi connectivity index (χ0v) is 16.9. The highest BCUT2D eigenvalue weighted by atomic mass is 32.1. The quantitative estimate of drug-likeness (QED) is 0.467. The maximum absolute atomic E-state index is 14.2. The molecular weight excluding hydrogens is 391 g/mol. The van der Waals surface area contributed by atoms with Crippen LogP contribution in [0.15, 0.2) is 58.3 Å². The van der Waals surface area contributed by atoms with Crippen molar-refractivity contribution in [1.82, 2.24) is 9.55 Å². The van der Waals surface area contributed by atoms with Gasteiger partial charge in [0.15, 0.2) is 4.77 Å². The van der Waals surface area contributed by atoms with E-state index in [4.69, 9.17) is 12.2 Å². The second kappa shape index (κ2) is 8.83. The molecule has 0 bridgehead atoms. The zero-order chi connectivity index (χ0) is 21.0. The van der Waals surface area contributed by atoms with E-state index in [0.717, 1.165) is 23.3 Å². The van der Waals surface area contributed by atoms with Crippen molar-refractivity contribution in [3.63, 3.8) is 0 Å². The van der Waals surface area contributed by atoms with E-state index < -0.39 is 17.3 Å². The number of hydrogen-bond donors (Lipinski definition) is 2. The van der Waals surface area contributed by atoms with E-state index in [-0.39, 0.29) is 16.0 Å². The molecule has 0 saturated carbocycles. The molecule has 1 heterocycles. The summed E-state index contributed by atoms with van der Waals surface area (Å²) < 4.78 is 15.1. The van der Waals surface area contributed by atoms with Gasteiger partial charge < -0.3 is 10.0 Å². The van der Waals surface area contributed by atoms with Gasteiger partial charge in [0, 0.05) is 25.0 Å². The van der Waals surface area contributed by atoms with Crippen molar-refractivity contribution in [2.45, 2.75) is 13.8 Å². The summed E-state index contributed by atoms with van der Waals surface area (Å²) in [5, 5.41) is 10.6. The van der Waals surface area contributed by atoms with Crippen LogP contribution in [0.2, 0.25) is 0 Å². The normalized spacial score (nSPS) is 11.1. The lowest BCUT2D eigenvalue weighted by Crippen LogP contribution is -2.21. The van der Waals surface area contributed by atoms with Crippen molar-refractivity contribution in [2.75, 3.05) is 18.0 Å². The van der Waals surface area contributed by atoms with E-state index >= 15 is 0 Å². The van der Waals surface area contributed by atoms with E-state index in [0.29, 0.717) is 5.69 Å². The Bertz CT molecular complexity index is 1150. The number of nitrogens with zero attached hydrogens (tertiary/aromatic N) is 3. The van der Waals surface area contributed by atoms with Crippen LogP contribution in [0.5, 0.6) is 5.88 Å². The van der Waals surface area contributed by atoms with Gasteiger partial charge in [0.1, 0.15) is 11.4 Å². The molecule has 3 rings (SSSR count). The number of aliphatic imine (C=N–C) groups is 1. The van der Waals surface area contributed by atoms with E-state index in [2.05, 4.69) is 28.7 Å². The summed E-state index contributed by atoms with van der Waals surface area (Å²) in [7, 11) is 0. The lowest BCUT2D eigenvalue weighted by Gasteiger charge is -2.20. The average molecular weight is 412 g/mol. The third-order valence-corrected chi connectivity index (χ3v) is 4.82. The summed E-state index contributed by atoms with van der Waals surface area (Å²) in [6, 6.07) is 13.4. The summed E-state index contributed by atoms with van der Waals surface area (Å²) in [5.41, 5.74) is 0.991. The van der Waals surface area contributed by atoms with Gasteiger partial charge in [-0.15, -0.1) is 0 Å². The van der Waals surface area contributed by atoms with Gasteiger partial charge in [0.2, 0.25) is 5.88 Å². The fourth-order valence-corrected chi connectivity index (χ4v) is 3.27. The molecule has 0 saturated heterocycles. The monoisotopic (exact) mass is 412 g/mol. The predicted molar refractivity (Wildman–Crippen MR) is 116 cm³/mol. The van der Waals surface area contributed by atoms with E-state index in [1.165, 1.54) is 24.4 Å². The van der Waals surface area contributed by atoms with Crippen molar-refractivity contribution in [3.05, 3.63) is 75.0 Å². The maximum atomic E-state index is 14.2. The molecule has 0 spiro atoms. The third-order valence-electron chi connectivity index (χ3n) is 4.54. The average Bonchev–Trinajstić information content (AvgIpc) is 2.71. The molecule has 1 aromatic heterocycles. The Morgan fingerprint density at radius 3 is 2.45 bits per heavy atom. The molecule has 0 amide bonds. The van der Waals surface area contributed by atoms with E-state index in [9.17, 15) is 14.3 Å². The number of anilines is 1. The first-order valence-corrected chi connectivity index (χ1v) is 9.59. The minimum absolute atomic E-state index is 0.0319. The highest BCUT2D eigenvalue weighted by molar-refractivity contribution is 7.71. The Morgan fingerprint density at radius 2 is 1.83 bits per heavy atom. The first kappa shape index (κ1) is 20.5. The van der Waals surface area contributed by atoms with E-state index in [1.807, 2.05) is 24.3 Å². The summed E-state index contributed by atoms with van der Waals surface area (Å²) in [4.78, 5) is 21.2. The van der Waals surface area contributed by atoms with Crippen LogP contribution in [0.4, 0.5) is 15.8 Å². The van der Waals surface area contributed by atoms with Crippen LogP contribution < -0.4 is 10.5 Å². The number of rotatable bonds is 6. The number of aromatic amines is 1. The molecule has 3 aromatic rings. The summed E-state index contributed by atoms with van der Waals surface area (Å²) >= 11 is 5.10. The number of aromatic hydroxyl groups is 1.